The second-order valence-electron chi connectivity index (χ2n) is 4.65. The third kappa shape index (κ3) is 3.94. The van der Waals surface area contributed by atoms with Crippen molar-refractivity contribution in [1.29, 1.82) is 0 Å². The number of nitrogen functional groups attached to an aromatic ring is 1. The van der Waals surface area contributed by atoms with E-state index < -0.39 is 0 Å². The average Bonchev–Trinajstić information content (AvgIpc) is 2.37. The number of hydrogen-bond acceptors (Lipinski definition) is 2. The number of rotatable bonds is 4. The van der Waals surface area contributed by atoms with Crippen molar-refractivity contribution in [1.82, 2.24) is 4.90 Å². The lowest BCUT2D eigenvalue weighted by atomic mass is 10.1. The quantitative estimate of drug-likeness (QED) is 0.864. The van der Waals surface area contributed by atoms with Gasteiger partial charge in [-0.2, -0.15) is 0 Å². The zero-order valence-electron chi connectivity index (χ0n) is 10.7. The van der Waals surface area contributed by atoms with Gasteiger partial charge < -0.3 is 5.73 Å². The van der Waals surface area contributed by atoms with Crippen molar-refractivity contribution < 1.29 is 4.39 Å². The van der Waals surface area contributed by atoms with Crippen LogP contribution in [0.15, 0.2) is 42.5 Å². The molecule has 0 aliphatic heterocycles. The van der Waals surface area contributed by atoms with Gasteiger partial charge in [0.1, 0.15) is 5.82 Å². The van der Waals surface area contributed by atoms with Crippen LogP contribution in [0.5, 0.6) is 0 Å². The molecule has 0 fully saturated rings. The second-order valence-corrected chi connectivity index (χ2v) is 5.09. The smallest absolute Gasteiger partial charge is 0.146 e. The van der Waals surface area contributed by atoms with Gasteiger partial charge in [0.15, 0.2) is 0 Å². The maximum absolute atomic E-state index is 13.3. The van der Waals surface area contributed by atoms with E-state index in [0.29, 0.717) is 6.54 Å². The molecule has 0 spiro atoms. The number of halogens is 2. The summed E-state index contributed by atoms with van der Waals surface area (Å²) in [5.74, 6) is -0.364. The number of nitrogens with two attached hydrogens (primary N) is 1. The van der Waals surface area contributed by atoms with Crippen molar-refractivity contribution in [2.24, 2.45) is 0 Å². The third-order valence-corrected chi connectivity index (χ3v) is 3.14. The summed E-state index contributed by atoms with van der Waals surface area (Å²) >= 11 is 5.84. The first-order valence-electron chi connectivity index (χ1n) is 6.01. The fourth-order valence-electron chi connectivity index (χ4n) is 1.94. The lowest BCUT2D eigenvalue weighted by Crippen LogP contribution is -2.17. The van der Waals surface area contributed by atoms with Gasteiger partial charge in [-0.3, -0.25) is 4.90 Å². The van der Waals surface area contributed by atoms with Crippen LogP contribution in [-0.4, -0.2) is 11.9 Å². The first-order chi connectivity index (χ1) is 9.04. The fraction of sp³-hybridized carbons (Fsp3) is 0.200. The molecular weight excluding hydrogens is 263 g/mol. The highest BCUT2D eigenvalue weighted by Crippen LogP contribution is 2.15. The van der Waals surface area contributed by atoms with Crippen LogP contribution in [0.2, 0.25) is 5.02 Å². The fourth-order valence-corrected chi connectivity index (χ4v) is 2.06. The molecule has 0 saturated carbocycles. The molecule has 0 aliphatic rings. The van der Waals surface area contributed by atoms with Crippen LogP contribution < -0.4 is 5.73 Å². The van der Waals surface area contributed by atoms with E-state index in [2.05, 4.69) is 4.90 Å². The molecule has 0 aliphatic carbocycles. The summed E-state index contributed by atoms with van der Waals surface area (Å²) in [6.07, 6.45) is 0. The van der Waals surface area contributed by atoms with Gasteiger partial charge in [-0.15, -0.1) is 0 Å². The van der Waals surface area contributed by atoms with Gasteiger partial charge in [0.2, 0.25) is 0 Å². The van der Waals surface area contributed by atoms with Gasteiger partial charge in [0, 0.05) is 18.1 Å². The van der Waals surface area contributed by atoms with Crippen molar-refractivity contribution in [3.05, 3.63) is 64.4 Å². The minimum Gasteiger partial charge on any atom is -0.396 e. The monoisotopic (exact) mass is 278 g/mol. The Morgan fingerprint density at radius 3 is 2.26 bits per heavy atom. The molecule has 0 atom stereocenters. The molecule has 0 saturated heterocycles. The zero-order valence-corrected chi connectivity index (χ0v) is 11.5. The molecule has 0 bridgehead atoms. The Morgan fingerprint density at radius 1 is 1.05 bits per heavy atom. The zero-order chi connectivity index (χ0) is 13.8. The molecule has 4 heteroatoms. The molecule has 2 rings (SSSR count). The second kappa shape index (κ2) is 6.04. The summed E-state index contributed by atoms with van der Waals surface area (Å²) in [6.45, 7) is 1.45. The minimum absolute atomic E-state index is 0.184. The first kappa shape index (κ1) is 13.8. The maximum atomic E-state index is 13.3. The number of nitrogens with zero attached hydrogens (tertiary/aromatic N) is 1. The van der Waals surface area contributed by atoms with Crippen LogP contribution in [-0.2, 0) is 13.1 Å². The van der Waals surface area contributed by atoms with E-state index >= 15 is 0 Å². The molecule has 0 unspecified atom stereocenters. The van der Waals surface area contributed by atoms with Gasteiger partial charge in [-0.25, -0.2) is 4.39 Å². The lowest BCUT2D eigenvalue weighted by Gasteiger charge is -2.17. The highest BCUT2D eigenvalue weighted by molar-refractivity contribution is 6.30. The Kier molecular flexibility index (Phi) is 4.40. The molecular formula is C15H16ClFN2. The molecule has 2 nitrogen and oxygen atoms in total. The van der Waals surface area contributed by atoms with Crippen LogP contribution in [0.4, 0.5) is 10.1 Å². The van der Waals surface area contributed by atoms with E-state index in [9.17, 15) is 4.39 Å². The third-order valence-electron chi connectivity index (χ3n) is 2.88. The molecule has 2 aromatic rings. The van der Waals surface area contributed by atoms with Crippen LogP contribution in [0.1, 0.15) is 11.1 Å². The van der Waals surface area contributed by atoms with Crippen molar-refractivity contribution in [3.63, 3.8) is 0 Å². The van der Waals surface area contributed by atoms with E-state index in [0.717, 1.165) is 17.1 Å². The Labute approximate surface area is 117 Å². The molecule has 100 valence electrons. The van der Waals surface area contributed by atoms with Gasteiger partial charge in [0.25, 0.3) is 0 Å². The molecule has 0 heterocycles. The molecule has 19 heavy (non-hydrogen) atoms. The highest BCUT2D eigenvalue weighted by Gasteiger charge is 2.04. The van der Waals surface area contributed by atoms with Crippen molar-refractivity contribution >= 4 is 17.3 Å². The first-order valence-corrected chi connectivity index (χ1v) is 6.39. The largest absolute Gasteiger partial charge is 0.396 e. The molecule has 2 aromatic carbocycles. The molecule has 0 amide bonds. The summed E-state index contributed by atoms with van der Waals surface area (Å²) < 4.78 is 13.3. The summed E-state index contributed by atoms with van der Waals surface area (Å²) in [4.78, 5) is 2.11. The van der Waals surface area contributed by atoms with Crippen molar-refractivity contribution in [2.75, 3.05) is 12.8 Å². The number of hydrogen-bond donors (Lipinski definition) is 1. The number of benzene rings is 2. The Bertz CT molecular complexity index is 555. The van der Waals surface area contributed by atoms with E-state index in [1.807, 2.05) is 37.4 Å². The number of anilines is 1. The Hall–Kier alpha value is -1.58. The van der Waals surface area contributed by atoms with Gasteiger partial charge in [-0.05, 0) is 42.4 Å². The van der Waals surface area contributed by atoms with Crippen LogP contribution in [0.25, 0.3) is 0 Å². The van der Waals surface area contributed by atoms with Gasteiger partial charge in [-0.1, -0.05) is 29.8 Å². The Balaban J connectivity index is 1.98. The van der Waals surface area contributed by atoms with E-state index in [1.165, 1.54) is 11.6 Å². The maximum Gasteiger partial charge on any atom is 0.146 e. The normalized spacial score (nSPS) is 10.9. The van der Waals surface area contributed by atoms with Crippen LogP contribution in [0, 0.1) is 5.82 Å². The van der Waals surface area contributed by atoms with E-state index in [4.69, 9.17) is 17.3 Å². The van der Waals surface area contributed by atoms with Crippen LogP contribution >= 0.6 is 11.6 Å². The topological polar surface area (TPSA) is 29.3 Å². The predicted octanol–water partition coefficient (Wildman–Crippen LogP) is 3.69. The van der Waals surface area contributed by atoms with Gasteiger partial charge >= 0.3 is 0 Å². The SMILES string of the molecule is CN(Cc1ccc(Cl)cc1)Cc1ccc(N)c(F)c1. The van der Waals surface area contributed by atoms with Crippen molar-refractivity contribution in [3.8, 4) is 0 Å². The summed E-state index contributed by atoms with van der Waals surface area (Å²) in [6, 6.07) is 12.6. The standard InChI is InChI=1S/C15H16ClFN2/c1-19(9-11-2-5-13(16)6-3-11)10-12-4-7-15(18)14(17)8-12/h2-8H,9-10,18H2,1H3. The summed E-state index contributed by atoms with van der Waals surface area (Å²) in [7, 11) is 1.99. The van der Waals surface area contributed by atoms with Crippen molar-refractivity contribution in [2.45, 2.75) is 13.1 Å². The van der Waals surface area contributed by atoms with Crippen LogP contribution in [0.3, 0.4) is 0 Å². The van der Waals surface area contributed by atoms with E-state index in [-0.39, 0.29) is 11.5 Å². The highest BCUT2D eigenvalue weighted by atomic mass is 35.5. The summed E-state index contributed by atoms with van der Waals surface area (Å²) in [5, 5.41) is 0.729. The van der Waals surface area contributed by atoms with Gasteiger partial charge in [0.05, 0.1) is 5.69 Å². The molecule has 0 aromatic heterocycles. The minimum atomic E-state index is -0.364. The molecule has 2 N–H and O–H groups in total. The van der Waals surface area contributed by atoms with E-state index in [1.54, 1.807) is 6.07 Å². The average molecular weight is 279 g/mol. The summed E-state index contributed by atoms with van der Waals surface area (Å²) in [5.41, 5.74) is 7.72. The molecule has 0 radical (unpaired) electrons. The Morgan fingerprint density at radius 2 is 1.63 bits per heavy atom. The predicted molar refractivity (Wildman–Crippen MR) is 77.4 cm³/mol. The lowest BCUT2D eigenvalue weighted by molar-refractivity contribution is 0.318.